The first-order valence-corrected chi connectivity index (χ1v) is 12.1. The summed E-state index contributed by atoms with van der Waals surface area (Å²) in [6.45, 7) is 4.25. The Balaban J connectivity index is 1.24. The molecule has 35 heavy (non-hydrogen) atoms. The highest BCUT2D eigenvalue weighted by Gasteiger charge is 2.34. The molecule has 1 heterocycles. The number of ether oxygens (including phenoxy) is 2. The lowest BCUT2D eigenvalue weighted by atomic mass is 9.98. The van der Waals surface area contributed by atoms with E-state index in [-0.39, 0.29) is 31.1 Å². The summed E-state index contributed by atoms with van der Waals surface area (Å²) in [5, 5.41) is 14.6. The molecule has 0 aromatic heterocycles. The summed E-state index contributed by atoms with van der Waals surface area (Å²) in [6.07, 6.45) is -0.189. The van der Waals surface area contributed by atoms with Crippen LogP contribution in [-0.2, 0) is 19.1 Å². The predicted molar refractivity (Wildman–Crippen MR) is 130 cm³/mol. The largest absolute Gasteiger partial charge is 0.480 e. The van der Waals surface area contributed by atoms with E-state index in [0.717, 1.165) is 11.1 Å². The van der Waals surface area contributed by atoms with E-state index in [0.29, 0.717) is 19.3 Å². The Morgan fingerprint density at radius 2 is 1.66 bits per heavy atom. The van der Waals surface area contributed by atoms with Gasteiger partial charge in [-0.2, -0.15) is 0 Å². The Morgan fingerprint density at radius 3 is 2.26 bits per heavy atom. The van der Waals surface area contributed by atoms with Gasteiger partial charge in [0.2, 0.25) is 5.91 Å². The maximum atomic E-state index is 12.5. The van der Waals surface area contributed by atoms with Gasteiger partial charge in [-0.3, -0.25) is 4.79 Å². The number of fused-ring (bicyclic) bond motifs is 3. The Kier molecular flexibility index (Phi) is 7.70. The molecule has 0 bridgehead atoms. The van der Waals surface area contributed by atoms with Gasteiger partial charge in [0.1, 0.15) is 18.8 Å². The highest BCUT2D eigenvalue weighted by Crippen LogP contribution is 2.44. The fraction of sp³-hybridized carbons (Fsp3) is 0.444. The van der Waals surface area contributed by atoms with Crippen LogP contribution in [0.5, 0.6) is 0 Å². The molecule has 8 nitrogen and oxygen atoms in total. The number of amides is 2. The van der Waals surface area contributed by atoms with Crippen LogP contribution in [0.15, 0.2) is 48.5 Å². The number of rotatable bonds is 9. The average molecular weight is 481 g/mol. The van der Waals surface area contributed by atoms with Gasteiger partial charge in [0.05, 0.1) is 6.10 Å². The molecule has 1 fully saturated rings. The van der Waals surface area contributed by atoms with Crippen LogP contribution in [0.4, 0.5) is 4.79 Å². The molecule has 2 aromatic carbocycles. The summed E-state index contributed by atoms with van der Waals surface area (Å²) in [4.78, 5) is 36.3. The van der Waals surface area contributed by atoms with Gasteiger partial charge in [0, 0.05) is 12.5 Å². The third-order valence-corrected chi connectivity index (χ3v) is 6.54. The van der Waals surface area contributed by atoms with Crippen molar-refractivity contribution in [3.8, 4) is 11.1 Å². The van der Waals surface area contributed by atoms with E-state index < -0.39 is 30.1 Å². The van der Waals surface area contributed by atoms with Crippen LogP contribution in [0.25, 0.3) is 11.1 Å². The van der Waals surface area contributed by atoms with E-state index in [2.05, 4.69) is 34.9 Å². The first-order chi connectivity index (χ1) is 16.8. The predicted octanol–water partition coefficient (Wildman–Crippen LogP) is 3.69. The number of carbonyl (C=O) groups excluding carboxylic acids is 2. The van der Waals surface area contributed by atoms with Crippen LogP contribution in [-0.4, -0.2) is 54.5 Å². The molecule has 4 rings (SSSR count). The smallest absolute Gasteiger partial charge is 0.407 e. The fourth-order valence-electron chi connectivity index (χ4n) is 4.85. The molecular formula is C27H32N2O6. The van der Waals surface area contributed by atoms with Crippen molar-refractivity contribution < 1.29 is 29.0 Å². The first-order valence-electron chi connectivity index (χ1n) is 12.1. The van der Waals surface area contributed by atoms with Crippen molar-refractivity contribution >= 4 is 18.0 Å². The molecule has 2 aliphatic rings. The molecule has 8 heteroatoms. The minimum absolute atomic E-state index is 0.0167. The second-order valence-corrected chi connectivity index (χ2v) is 9.56. The number of carboxylic acids is 1. The van der Waals surface area contributed by atoms with Crippen molar-refractivity contribution in [1.82, 2.24) is 10.6 Å². The summed E-state index contributed by atoms with van der Waals surface area (Å²) in [5.74, 6) is -1.37. The third-order valence-electron chi connectivity index (χ3n) is 6.54. The number of nitrogens with one attached hydrogen (secondary N) is 2. The van der Waals surface area contributed by atoms with Crippen LogP contribution in [0.2, 0.25) is 0 Å². The Bertz CT molecular complexity index is 1040. The van der Waals surface area contributed by atoms with Gasteiger partial charge in [-0.05, 0) is 47.4 Å². The van der Waals surface area contributed by atoms with Crippen molar-refractivity contribution in [2.45, 2.75) is 57.3 Å². The number of hydrogen-bond donors (Lipinski definition) is 3. The topological polar surface area (TPSA) is 114 Å². The highest BCUT2D eigenvalue weighted by atomic mass is 16.5. The van der Waals surface area contributed by atoms with Crippen LogP contribution in [0, 0.1) is 5.92 Å². The second kappa shape index (κ2) is 10.9. The molecule has 3 unspecified atom stereocenters. The quantitative estimate of drug-likeness (QED) is 0.504. The maximum Gasteiger partial charge on any atom is 0.407 e. The Labute approximate surface area is 205 Å². The normalized spacial score (nSPS) is 19.6. The van der Waals surface area contributed by atoms with Crippen LogP contribution < -0.4 is 10.6 Å². The zero-order valence-electron chi connectivity index (χ0n) is 20.0. The maximum absolute atomic E-state index is 12.5. The van der Waals surface area contributed by atoms with E-state index >= 15 is 0 Å². The van der Waals surface area contributed by atoms with Gasteiger partial charge in [0.25, 0.3) is 0 Å². The van der Waals surface area contributed by atoms with Gasteiger partial charge in [-0.15, -0.1) is 0 Å². The lowest BCUT2D eigenvalue weighted by Crippen LogP contribution is -2.46. The van der Waals surface area contributed by atoms with Gasteiger partial charge < -0.3 is 25.2 Å². The highest BCUT2D eigenvalue weighted by molar-refractivity contribution is 5.86. The monoisotopic (exact) mass is 480 g/mol. The Hall–Kier alpha value is -3.39. The minimum atomic E-state index is -1.06. The van der Waals surface area contributed by atoms with E-state index in [1.165, 1.54) is 11.1 Å². The standard InChI is InChI=1S/C27H32N2O6/c1-16(2)13-23(26(31)32)29-25(30)24-12-11-17(35-24)14-28-27(33)34-15-22-20-9-5-3-7-18(20)19-8-4-6-10-21(19)22/h3-10,16-17,22-24H,11-15H2,1-2H3,(H,28,33)(H,29,30)(H,31,32). The van der Waals surface area contributed by atoms with E-state index in [1.54, 1.807) is 0 Å². The lowest BCUT2D eigenvalue weighted by Gasteiger charge is -2.19. The van der Waals surface area contributed by atoms with Crippen molar-refractivity contribution in [3.63, 3.8) is 0 Å². The van der Waals surface area contributed by atoms with Crippen molar-refractivity contribution in [3.05, 3.63) is 59.7 Å². The van der Waals surface area contributed by atoms with E-state index in [9.17, 15) is 19.5 Å². The number of aliphatic carboxylic acids is 1. The summed E-state index contributed by atoms with van der Waals surface area (Å²) in [6, 6.07) is 15.3. The van der Waals surface area contributed by atoms with Crippen molar-refractivity contribution in [1.29, 1.82) is 0 Å². The molecule has 0 saturated carbocycles. The van der Waals surface area contributed by atoms with Crippen molar-refractivity contribution in [2.24, 2.45) is 5.92 Å². The van der Waals surface area contributed by atoms with E-state index in [1.807, 2.05) is 38.1 Å². The van der Waals surface area contributed by atoms with Gasteiger partial charge in [0.15, 0.2) is 0 Å². The van der Waals surface area contributed by atoms with Crippen molar-refractivity contribution in [2.75, 3.05) is 13.2 Å². The summed E-state index contributed by atoms with van der Waals surface area (Å²) in [7, 11) is 0. The van der Waals surface area contributed by atoms with Gasteiger partial charge in [-0.1, -0.05) is 62.4 Å². The molecule has 1 aliphatic heterocycles. The van der Waals surface area contributed by atoms with Crippen LogP contribution in [0.1, 0.15) is 50.2 Å². The Morgan fingerprint density at radius 1 is 1.03 bits per heavy atom. The van der Waals surface area contributed by atoms with Crippen LogP contribution >= 0.6 is 0 Å². The zero-order chi connectivity index (χ0) is 24.9. The molecule has 1 aliphatic carbocycles. The first kappa shape index (κ1) is 24.7. The molecule has 0 spiro atoms. The molecule has 3 N–H and O–H groups in total. The molecule has 2 aromatic rings. The fourth-order valence-corrected chi connectivity index (χ4v) is 4.85. The van der Waals surface area contributed by atoms with Gasteiger partial charge in [-0.25, -0.2) is 9.59 Å². The number of carbonyl (C=O) groups is 3. The molecule has 1 saturated heterocycles. The SMILES string of the molecule is CC(C)CC(NC(=O)C1CCC(CNC(=O)OCC2c3ccccc3-c3ccccc32)O1)C(=O)O. The number of benzene rings is 2. The molecule has 186 valence electrons. The van der Waals surface area contributed by atoms with E-state index in [4.69, 9.17) is 9.47 Å². The van der Waals surface area contributed by atoms with Gasteiger partial charge >= 0.3 is 12.1 Å². The number of alkyl carbamates (subject to hydrolysis) is 1. The third kappa shape index (κ3) is 5.82. The van der Waals surface area contributed by atoms with Crippen LogP contribution in [0.3, 0.4) is 0 Å². The lowest BCUT2D eigenvalue weighted by molar-refractivity contribution is -0.144. The minimum Gasteiger partial charge on any atom is -0.480 e. The number of hydrogen-bond acceptors (Lipinski definition) is 5. The summed E-state index contributed by atoms with van der Waals surface area (Å²) < 4.78 is 11.3. The summed E-state index contributed by atoms with van der Waals surface area (Å²) in [5.41, 5.74) is 4.62. The average Bonchev–Trinajstić information content (AvgIpc) is 3.44. The molecule has 2 amide bonds. The molecule has 3 atom stereocenters. The molecular weight excluding hydrogens is 448 g/mol. The number of carboxylic acid groups (broad SMARTS) is 1. The summed E-state index contributed by atoms with van der Waals surface area (Å²) >= 11 is 0. The zero-order valence-corrected chi connectivity index (χ0v) is 20.0. The second-order valence-electron chi connectivity index (χ2n) is 9.56. The molecule has 0 radical (unpaired) electrons.